The van der Waals surface area contributed by atoms with E-state index in [1.165, 1.54) is 18.9 Å². The van der Waals surface area contributed by atoms with Gasteiger partial charge >= 0.3 is 5.97 Å². The van der Waals surface area contributed by atoms with Crippen molar-refractivity contribution in [3.8, 4) is 23.0 Å². The van der Waals surface area contributed by atoms with Gasteiger partial charge in [-0.2, -0.15) is 0 Å². The van der Waals surface area contributed by atoms with Gasteiger partial charge in [-0.15, -0.1) is 0 Å². The third-order valence-corrected chi connectivity index (χ3v) is 5.68. The molecule has 2 aromatic rings. The van der Waals surface area contributed by atoms with E-state index in [2.05, 4.69) is 5.32 Å². The molecule has 154 valence electrons. The second kappa shape index (κ2) is 9.00. The van der Waals surface area contributed by atoms with Crippen molar-refractivity contribution in [2.45, 2.75) is 11.4 Å². The molecule has 0 unspecified atom stereocenters. The molecule has 0 bridgehead atoms. The standard InChI is InChI=1S/C21H23NO6S/c1-24-14-7-6-12(8-15(14)25-2)19-20(21(23)28-5)29-18-10-17(27-4)16(26-3)9-13(18)11-22-19/h6-10,22H,11H2,1-5H3. The predicted octanol–water partition coefficient (Wildman–Crippen LogP) is 3.46. The second-order valence-corrected chi connectivity index (χ2v) is 7.09. The Balaban J connectivity index is 2.12. The molecule has 1 aliphatic rings. The van der Waals surface area contributed by atoms with Crippen molar-refractivity contribution in [2.75, 3.05) is 35.5 Å². The quantitative estimate of drug-likeness (QED) is 0.717. The molecule has 7 nitrogen and oxygen atoms in total. The first-order valence-corrected chi connectivity index (χ1v) is 9.59. The minimum Gasteiger partial charge on any atom is -0.493 e. The van der Waals surface area contributed by atoms with E-state index in [9.17, 15) is 4.79 Å². The van der Waals surface area contributed by atoms with Gasteiger partial charge in [0.15, 0.2) is 23.0 Å². The highest BCUT2D eigenvalue weighted by molar-refractivity contribution is 8.04. The number of hydrogen-bond donors (Lipinski definition) is 1. The summed E-state index contributed by atoms with van der Waals surface area (Å²) in [5, 5.41) is 3.36. The Hall–Kier alpha value is -3.00. The molecule has 0 aliphatic carbocycles. The maximum absolute atomic E-state index is 12.6. The number of methoxy groups -OCH3 is 5. The van der Waals surface area contributed by atoms with Gasteiger partial charge in [-0.3, -0.25) is 0 Å². The minimum atomic E-state index is -0.435. The van der Waals surface area contributed by atoms with E-state index in [-0.39, 0.29) is 0 Å². The van der Waals surface area contributed by atoms with Crippen LogP contribution in [0.4, 0.5) is 0 Å². The Morgan fingerprint density at radius 1 is 0.862 bits per heavy atom. The minimum absolute atomic E-state index is 0.435. The van der Waals surface area contributed by atoms with Crippen molar-refractivity contribution in [1.29, 1.82) is 0 Å². The molecule has 0 radical (unpaired) electrons. The van der Waals surface area contributed by atoms with Crippen molar-refractivity contribution < 1.29 is 28.5 Å². The summed E-state index contributed by atoms with van der Waals surface area (Å²) in [6.45, 7) is 0.493. The van der Waals surface area contributed by atoms with Crippen LogP contribution in [0, 0.1) is 0 Å². The molecular weight excluding hydrogens is 394 g/mol. The molecule has 29 heavy (non-hydrogen) atoms. The number of carbonyl (C=O) groups excluding carboxylic acids is 1. The SMILES string of the molecule is COC(=O)C1=C(c2ccc(OC)c(OC)c2)NCc2cc(OC)c(OC)cc2S1. The zero-order valence-corrected chi connectivity index (χ0v) is 17.8. The van der Waals surface area contributed by atoms with Crippen LogP contribution >= 0.6 is 11.8 Å². The lowest BCUT2D eigenvalue weighted by Crippen LogP contribution is -2.15. The molecule has 1 aliphatic heterocycles. The first-order chi connectivity index (χ1) is 14.1. The zero-order valence-electron chi connectivity index (χ0n) is 17.0. The molecule has 2 aromatic carbocycles. The Labute approximate surface area is 173 Å². The van der Waals surface area contributed by atoms with E-state index >= 15 is 0 Å². The van der Waals surface area contributed by atoms with Gasteiger partial charge in [-0.1, -0.05) is 11.8 Å². The Kier molecular flexibility index (Phi) is 6.43. The van der Waals surface area contributed by atoms with Gasteiger partial charge in [-0.05, 0) is 35.9 Å². The van der Waals surface area contributed by atoms with Gasteiger partial charge < -0.3 is 29.0 Å². The zero-order chi connectivity index (χ0) is 21.0. The highest BCUT2D eigenvalue weighted by atomic mass is 32.2. The van der Waals surface area contributed by atoms with Crippen LogP contribution in [0.25, 0.3) is 5.70 Å². The Morgan fingerprint density at radius 3 is 2.10 bits per heavy atom. The normalized spacial score (nSPS) is 13.0. The number of fused-ring (bicyclic) bond motifs is 1. The largest absolute Gasteiger partial charge is 0.493 e. The lowest BCUT2D eigenvalue weighted by Gasteiger charge is -2.15. The summed E-state index contributed by atoms with van der Waals surface area (Å²) in [5.74, 6) is 1.96. The van der Waals surface area contributed by atoms with Gasteiger partial charge in [0.2, 0.25) is 0 Å². The molecular formula is C21H23NO6S. The molecule has 0 atom stereocenters. The number of hydrogen-bond acceptors (Lipinski definition) is 8. The van der Waals surface area contributed by atoms with Crippen LogP contribution in [0.2, 0.25) is 0 Å². The monoisotopic (exact) mass is 417 g/mol. The molecule has 0 saturated heterocycles. The van der Waals surface area contributed by atoms with E-state index in [1.54, 1.807) is 34.5 Å². The fourth-order valence-electron chi connectivity index (χ4n) is 3.02. The fourth-order valence-corrected chi connectivity index (χ4v) is 4.13. The summed E-state index contributed by atoms with van der Waals surface area (Å²) in [4.78, 5) is 13.9. The van der Waals surface area contributed by atoms with Crippen LogP contribution in [0.1, 0.15) is 11.1 Å². The fraction of sp³-hybridized carbons (Fsp3) is 0.286. The van der Waals surface area contributed by atoms with Crippen LogP contribution < -0.4 is 24.3 Å². The van der Waals surface area contributed by atoms with Gasteiger partial charge in [-0.25, -0.2) is 4.79 Å². The Morgan fingerprint density at radius 2 is 1.48 bits per heavy atom. The van der Waals surface area contributed by atoms with Gasteiger partial charge in [0, 0.05) is 17.0 Å². The topological polar surface area (TPSA) is 75.3 Å². The van der Waals surface area contributed by atoms with Gasteiger partial charge in [0.1, 0.15) is 4.91 Å². The van der Waals surface area contributed by atoms with Crippen LogP contribution in [-0.2, 0) is 16.1 Å². The predicted molar refractivity (Wildman–Crippen MR) is 111 cm³/mol. The van der Waals surface area contributed by atoms with E-state index in [0.717, 1.165) is 16.0 Å². The smallest absolute Gasteiger partial charge is 0.346 e. The number of benzene rings is 2. The van der Waals surface area contributed by atoms with E-state index in [0.29, 0.717) is 40.1 Å². The number of thioether (sulfide) groups is 1. The molecule has 1 heterocycles. The molecule has 8 heteroatoms. The third kappa shape index (κ3) is 4.07. The number of esters is 1. The molecule has 0 aromatic heterocycles. The number of rotatable bonds is 6. The van der Waals surface area contributed by atoms with Crippen molar-refractivity contribution in [3.63, 3.8) is 0 Å². The summed E-state index contributed by atoms with van der Waals surface area (Å²) in [6, 6.07) is 9.25. The summed E-state index contributed by atoms with van der Waals surface area (Å²) in [7, 11) is 7.68. The highest BCUT2D eigenvalue weighted by Crippen LogP contribution is 2.43. The van der Waals surface area contributed by atoms with Crippen LogP contribution in [0.15, 0.2) is 40.1 Å². The van der Waals surface area contributed by atoms with Crippen molar-refractivity contribution in [2.24, 2.45) is 0 Å². The van der Waals surface area contributed by atoms with Gasteiger partial charge in [0.05, 0.1) is 41.2 Å². The van der Waals surface area contributed by atoms with Crippen LogP contribution in [0.5, 0.6) is 23.0 Å². The van der Waals surface area contributed by atoms with Crippen LogP contribution in [0.3, 0.4) is 0 Å². The van der Waals surface area contributed by atoms with Crippen LogP contribution in [-0.4, -0.2) is 41.5 Å². The molecule has 0 amide bonds. The first kappa shape index (κ1) is 20.7. The maximum atomic E-state index is 12.6. The maximum Gasteiger partial charge on any atom is 0.346 e. The molecule has 0 saturated carbocycles. The van der Waals surface area contributed by atoms with Crippen molar-refractivity contribution in [3.05, 3.63) is 46.4 Å². The lowest BCUT2D eigenvalue weighted by atomic mass is 10.1. The summed E-state index contributed by atoms with van der Waals surface area (Å²) >= 11 is 1.32. The average molecular weight is 417 g/mol. The highest BCUT2D eigenvalue weighted by Gasteiger charge is 2.26. The van der Waals surface area contributed by atoms with Gasteiger partial charge in [0.25, 0.3) is 0 Å². The Bertz CT molecular complexity index is 956. The third-order valence-electron chi connectivity index (χ3n) is 4.50. The molecule has 1 N–H and O–H groups in total. The summed E-state index contributed by atoms with van der Waals surface area (Å²) in [5.41, 5.74) is 2.41. The molecule has 3 rings (SSSR count). The molecule has 0 fully saturated rings. The first-order valence-electron chi connectivity index (χ1n) is 8.77. The number of carbonyl (C=O) groups is 1. The summed E-state index contributed by atoms with van der Waals surface area (Å²) in [6.07, 6.45) is 0. The lowest BCUT2D eigenvalue weighted by molar-refractivity contribution is -0.135. The van der Waals surface area contributed by atoms with E-state index in [4.69, 9.17) is 23.7 Å². The van der Waals surface area contributed by atoms with E-state index in [1.807, 2.05) is 24.3 Å². The number of nitrogens with one attached hydrogen (secondary N) is 1. The second-order valence-electron chi connectivity index (χ2n) is 6.04. The average Bonchev–Trinajstić information content (AvgIpc) is 2.96. The van der Waals surface area contributed by atoms with E-state index < -0.39 is 5.97 Å². The van der Waals surface area contributed by atoms with Crippen molar-refractivity contribution >= 4 is 23.4 Å². The molecule has 0 spiro atoms. The van der Waals surface area contributed by atoms with Crippen molar-refractivity contribution in [1.82, 2.24) is 5.32 Å². The number of ether oxygens (including phenoxy) is 5. The summed E-state index contributed by atoms with van der Waals surface area (Å²) < 4.78 is 26.6.